The number of anilines is 1. The van der Waals surface area contributed by atoms with Gasteiger partial charge in [0.15, 0.2) is 5.65 Å². The number of nitrogens with one attached hydrogen (secondary N) is 1. The van der Waals surface area contributed by atoms with Crippen LogP contribution in [0.1, 0.15) is 5.56 Å². The first-order valence-electron chi connectivity index (χ1n) is 8.84. The maximum Gasteiger partial charge on any atom is 0.238 e. The Morgan fingerprint density at radius 1 is 1.04 bits per heavy atom. The third-order valence-electron chi connectivity index (χ3n) is 4.60. The van der Waals surface area contributed by atoms with Crippen molar-refractivity contribution in [2.75, 3.05) is 38.0 Å². The monoisotopic (exact) mass is 350 g/mol. The summed E-state index contributed by atoms with van der Waals surface area (Å²) in [5.74, 6) is 0.0398. The summed E-state index contributed by atoms with van der Waals surface area (Å²) in [6, 6.07) is 11.5. The smallest absolute Gasteiger partial charge is 0.238 e. The van der Waals surface area contributed by atoms with Crippen LogP contribution in [0.3, 0.4) is 0 Å². The standard InChI is InChI=1S/C19H22N6O/c26-19(22-17-4-2-1-3-5-17)15-24-10-8-23(9-11-24)13-16-12-20-18-6-7-21-25(18)14-16/h1-7,12,14H,8-11,13,15H2,(H,22,26). The topological polar surface area (TPSA) is 65.8 Å². The minimum atomic E-state index is 0.0398. The quantitative estimate of drug-likeness (QED) is 0.755. The van der Waals surface area contributed by atoms with Crippen molar-refractivity contribution >= 4 is 17.2 Å². The molecule has 0 spiro atoms. The van der Waals surface area contributed by atoms with Gasteiger partial charge in [0.2, 0.25) is 5.91 Å². The minimum absolute atomic E-state index is 0.0398. The Labute approximate surface area is 152 Å². The van der Waals surface area contributed by atoms with E-state index in [0.717, 1.165) is 49.6 Å². The number of aromatic nitrogens is 3. The third kappa shape index (κ3) is 4.07. The second kappa shape index (κ2) is 7.63. The summed E-state index contributed by atoms with van der Waals surface area (Å²) in [6.45, 7) is 4.95. The summed E-state index contributed by atoms with van der Waals surface area (Å²) in [5.41, 5.74) is 2.86. The molecule has 0 bridgehead atoms. The molecular weight excluding hydrogens is 328 g/mol. The van der Waals surface area contributed by atoms with Crippen molar-refractivity contribution in [1.82, 2.24) is 24.4 Å². The summed E-state index contributed by atoms with van der Waals surface area (Å²) in [5, 5.41) is 7.18. The zero-order valence-electron chi connectivity index (χ0n) is 14.6. The Balaban J connectivity index is 1.25. The lowest BCUT2D eigenvalue weighted by molar-refractivity contribution is -0.117. The third-order valence-corrected chi connectivity index (χ3v) is 4.60. The number of hydrogen-bond donors (Lipinski definition) is 1. The fourth-order valence-electron chi connectivity index (χ4n) is 3.22. The Morgan fingerprint density at radius 2 is 1.81 bits per heavy atom. The molecule has 1 amide bonds. The lowest BCUT2D eigenvalue weighted by atomic mass is 10.2. The average Bonchev–Trinajstić information content (AvgIpc) is 3.12. The van der Waals surface area contributed by atoms with Gasteiger partial charge in [0.05, 0.1) is 12.7 Å². The molecule has 26 heavy (non-hydrogen) atoms. The summed E-state index contributed by atoms with van der Waals surface area (Å²) < 4.78 is 1.81. The first-order chi connectivity index (χ1) is 12.8. The van der Waals surface area contributed by atoms with Gasteiger partial charge in [-0.1, -0.05) is 18.2 Å². The zero-order chi connectivity index (χ0) is 17.8. The maximum absolute atomic E-state index is 12.2. The second-order valence-corrected chi connectivity index (χ2v) is 6.56. The van der Waals surface area contributed by atoms with Crippen LogP contribution in [0.5, 0.6) is 0 Å². The Kier molecular flexibility index (Phi) is 4.90. The lowest BCUT2D eigenvalue weighted by Gasteiger charge is -2.34. The number of nitrogens with zero attached hydrogens (tertiary/aromatic N) is 5. The van der Waals surface area contributed by atoms with Crippen LogP contribution in [-0.2, 0) is 11.3 Å². The molecule has 1 saturated heterocycles. The van der Waals surface area contributed by atoms with Crippen LogP contribution in [0.4, 0.5) is 5.69 Å². The molecule has 3 heterocycles. The van der Waals surface area contributed by atoms with Crippen molar-refractivity contribution in [3.8, 4) is 0 Å². The highest BCUT2D eigenvalue weighted by atomic mass is 16.2. The van der Waals surface area contributed by atoms with E-state index in [1.807, 2.05) is 48.8 Å². The number of rotatable bonds is 5. The summed E-state index contributed by atoms with van der Waals surface area (Å²) >= 11 is 0. The minimum Gasteiger partial charge on any atom is -0.325 e. The Bertz CT molecular complexity index is 870. The number of benzene rings is 1. The van der Waals surface area contributed by atoms with Gasteiger partial charge in [0, 0.05) is 62.4 Å². The molecule has 3 aromatic rings. The van der Waals surface area contributed by atoms with Gasteiger partial charge in [-0.2, -0.15) is 5.10 Å². The van der Waals surface area contributed by atoms with Gasteiger partial charge >= 0.3 is 0 Å². The molecule has 0 aliphatic carbocycles. The van der Waals surface area contributed by atoms with E-state index in [9.17, 15) is 4.79 Å². The predicted molar refractivity (Wildman–Crippen MR) is 99.8 cm³/mol. The molecule has 1 fully saturated rings. The number of amides is 1. The number of para-hydroxylation sites is 1. The zero-order valence-corrected chi connectivity index (χ0v) is 14.6. The van der Waals surface area contributed by atoms with Crippen molar-refractivity contribution in [2.24, 2.45) is 0 Å². The first kappa shape index (κ1) is 16.7. The summed E-state index contributed by atoms with van der Waals surface area (Å²) in [4.78, 5) is 21.2. The molecule has 0 atom stereocenters. The SMILES string of the molecule is O=C(CN1CCN(Cc2cnc3ccnn3c2)CC1)Nc1ccccc1. The lowest BCUT2D eigenvalue weighted by Crippen LogP contribution is -2.48. The number of hydrogen-bond acceptors (Lipinski definition) is 5. The highest BCUT2D eigenvalue weighted by Gasteiger charge is 2.19. The van der Waals surface area contributed by atoms with E-state index in [0.29, 0.717) is 6.54 Å². The molecule has 1 aliphatic rings. The van der Waals surface area contributed by atoms with Crippen LogP contribution < -0.4 is 5.32 Å². The maximum atomic E-state index is 12.2. The largest absolute Gasteiger partial charge is 0.325 e. The molecule has 1 aliphatic heterocycles. The van der Waals surface area contributed by atoms with E-state index in [2.05, 4.69) is 25.2 Å². The van der Waals surface area contributed by atoms with Gasteiger partial charge in [-0.3, -0.25) is 14.6 Å². The van der Waals surface area contributed by atoms with Gasteiger partial charge in [-0.25, -0.2) is 9.50 Å². The van der Waals surface area contributed by atoms with Gasteiger partial charge in [-0.05, 0) is 12.1 Å². The summed E-state index contributed by atoms with van der Waals surface area (Å²) in [6.07, 6.45) is 5.70. The van der Waals surface area contributed by atoms with E-state index in [1.165, 1.54) is 0 Å². The molecule has 7 heteroatoms. The molecule has 0 saturated carbocycles. The predicted octanol–water partition coefficient (Wildman–Crippen LogP) is 1.49. The van der Waals surface area contributed by atoms with Crippen LogP contribution >= 0.6 is 0 Å². The molecule has 1 N–H and O–H groups in total. The van der Waals surface area contributed by atoms with Gasteiger partial charge in [-0.15, -0.1) is 0 Å². The first-order valence-corrected chi connectivity index (χ1v) is 8.84. The number of fused-ring (bicyclic) bond motifs is 1. The number of carbonyl (C=O) groups excluding carboxylic acids is 1. The molecule has 2 aromatic heterocycles. The van der Waals surface area contributed by atoms with Crippen LogP contribution in [0.25, 0.3) is 5.65 Å². The van der Waals surface area contributed by atoms with Gasteiger partial charge < -0.3 is 5.32 Å². The van der Waals surface area contributed by atoms with Crippen LogP contribution in [0.15, 0.2) is 55.0 Å². The van der Waals surface area contributed by atoms with Gasteiger partial charge in [0.1, 0.15) is 0 Å². The van der Waals surface area contributed by atoms with Crippen LogP contribution in [-0.4, -0.2) is 63.0 Å². The molecule has 0 unspecified atom stereocenters. The molecule has 134 valence electrons. The van der Waals surface area contributed by atoms with Crippen LogP contribution in [0.2, 0.25) is 0 Å². The molecular formula is C19H22N6O. The second-order valence-electron chi connectivity index (χ2n) is 6.56. The fraction of sp³-hybridized carbons (Fsp3) is 0.316. The molecule has 1 aromatic carbocycles. The van der Waals surface area contributed by atoms with Crippen molar-refractivity contribution in [3.05, 3.63) is 60.6 Å². The highest BCUT2D eigenvalue weighted by molar-refractivity contribution is 5.92. The molecule has 0 radical (unpaired) electrons. The van der Waals surface area contributed by atoms with Crippen molar-refractivity contribution in [3.63, 3.8) is 0 Å². The average molecular weight is 350 g/mol. The molecule has 4 rings (SSSR count). The van der Waals surface area contributed by atoms with Crippen molar-refractivity contribution in [1.29, 1.82) is 0 Å². The van der Waals surface area contributed by atoms with E-state index in [1.54, 1.807) is 10.7 Å². The Hall–Kier alpha value is -2.77. The van der Waals surface area contributed by atoms with Crippen LogP contribution in [0, 0.1) is 0 Å². The number of carbonyl (C=O) groups is 1. The van der Waals surface area contributed by atoms with E-state index < -0.39 is 0 Å². The Morgan fingerprint density at radius 3 is 2.62 bits per heavy atom. The van der Waals surface area contributed by atoms with E-state index >= 15 is 0 Å². The fourth-order valence-corrected chi connectivity index (χ4v) is 3.22. The normalized spacial score (nSPS) is 16.0. The van der Waals surface area contributed by atoms with E-state index in [-0.39, 0.29) is 5.91 Å². The van der Waals surface area contributed by atoms with Gasteiger partial charge in [0.25, 0.3) is 0 Å². The van der Waals surface area contributed by atoms with E-state index in [4.69, 9.17) is 0 Å². The highest BCUT2D eigenvalue weighted by Crippen LogP contribution is 2.10. The van der Waals surface area contributed by atoms with Crippen molar-refractivity contribution < 1.29 is 4.79 Å². The number of piperazine rings is 1. The summed E-state index contributed by atoms with van der Waals surface area (Å²) in [7, 11) is 0. The molecule has 7 nitrogen and oxygen atoms in total. The van der Waals surface area contributed by atoms with Crippen molar-refractivity contribution in [2.45, 2.75) is 6.54 Å².